The van der Waals surface area contributed by atoms with Crippen LogP contribution in [0, 0.1) is 0 Å². The molecule has 28 heavy (non-hydrogen) atoms. The summed E-state index contributed by atoms with van der Waals surface area (Å²) in [6, 6.07) is 11.7. The molecule has 2 N–H and O–H groups in total. The second kappa shape index (κ2) is 7.59. The Morgan fingerprint density at radius 2 is 1.43 bits per heavy atom. The Bertz CT molecular complexity index is 969. The van der Waals surface area contributed by atoms with Crippen molar-refractivity contribution in [2.75, 3.05) is 48.6 Å². The highest BCUT2D eigenvalue weighted by Gasteiger charge is 2.28. The summed E-state index contributed by atoms with van der Waals surface area (Å²) in [5.41, 5.74) is 5.66. The smallest absolute Gasteiger partial charge is 0.296 e. The van der Waals surface area contributed by atoms with E-state index in [0.717, 1.165) is 16.4 Å². The molecule has 4 rings (SSSR count). The van der Waals surface area contributed by atoms with Gasteiger partial charge < -0.3 is 20.4 Å². The van der Waals surface area contributed by atoms with E-state index < -0.39 is 11.7 Å². The first-order valence-corrected chi connectivity index (χ1v) is 9.39. The van der Waals surface area contributed by atoms with Gasteiger partial charge in [-0.1, -0.05) is 19.1 Å². The minimum atomic E-state index is -0.545. The number of nitrogens with one attached hydrogen (secondary N) is 2. The molecule has 1 unspecified atom stereocenters. The van der Waals surface area contributed by atoms with Gasteiger partial charge in [0.1, 0.15) is 0 Å². The fraction of sp³-hybridized carbons (Fsp3) is 0.286. The number of anilines is 4. The summed E-state index contributed by atoms with van der Waals surface area (Å²) in [7, 11) is 7.87. The molecule has 2 heterocycles. The molecular weight excluding hydrogens is 372 g/mol. The van der Waals surface area contributed by atoms with Crippen LogP contribution in [0.25, 0.3) is 0 Å². The van der Waals surface area contributed by atoms with Gasteiger partial charge in [0.2, 0.25) is 0 Å². The lowest BCUT2D eigenvalue weighted by Gasteiger charge is -2.14. The molecule has 2 aromatic rings. The maximum atomic E-state index is 11.3. The summed E-state index contributed by atoms with van der Waals surface area (Å²) < 4.78 is 0. The van der Waals surface area contributed by atoms with Gasteiger partial charge in [-0.3, -0.25) is 9.59 Å². The van der Waals surface area contributed by atoms with Crippen molar-refractivity contribution in [3.05, 3.63) is 47.5 Å². The van der Waals surface area contributed by atoms with Gasteiger partial charge in [-0.05, 0) is 42.0 Å². The number of nitrogens with zero attached hydrogens (tertiary/aromatic N) is 2. The number of thiocarbonyl (C=S) groups is 1. The van der Waals surface area contributed by atoms with E-state index in [1.807, 2.05) is 39.2 Å². The van der Waals surface area contributed by atoms with Crippen molar-refractivity contribution < 1.29 is 9.59 Å². The molecule has 0 bridgehead atoms. The number of fused-ring (bicyclic) bond motifs is 2. The average Bonchev–Trinajstić information content (AvgIpc) is 3.11. The molecule has 0 aromatic heterocycles. The topological polar surface area (TPSA) is 64.7 Å². The third kappa shape index (κ3) is 3.71. The third-order valence-corrected chi connectivity index (χ3v) is 5.34. The Morgan fingerprint density at radius 3 is 2.04 bits per heavy atom. The van der Waals surface area contributed by atoms with Crippen molar-refractivity contribution in [1.82, 2.24) is 0 Å². The normalized spacial score (nSPS) is 16.5. The first-order chi connectivity index (χ1) is 13.2. The highest BCUT2D eigenvalue weighted by Crippen LogP contribution is 2.35. The number of ketones is 1. The van der Waals surface area contributed by atoms with Crippen molar-refractivity contribution in [3.8, 4) is 0 Å². The monoisotopic (exact) mass is 396 g/mol. The van der Waals surface area contributed by atoms with Crippen LogP contribution in [-0.4, -0.2) is 44.9 Å². The van der Waals surface area contributed by atoms with Crippen LogP contribution in [0.1, 0.15) is 28.8 Å². The molecular formula is C21H24N4O2S. The number of amides is 1. The van der Waals surface area contributed by atoms with E-state index in [-0.39, 0.29) is 0 Å². The summed E-state index contributed by atoms with van der Waals surface area (Å²) in [6.45, 7) is 2.14. The maximum absolute atomic E-state index is 11.3. The number of hydrogen-bond acceptors (Lipinski definition) is 5. The minimum Gasteiger partial charge on any atom is -0.378 e. The van der Waals surface area contributed by atoms with E-state index in [1.54, 1.807) is 12.1 Å². The summed E-state index contributed by atoms with van der Waals surface area (Å²) in [5.74, 6) is -0.653. The molecule has 1 amide bonds. The lowest BCUT2D eigenvalue weighted by Crippen LogP contribution is -2.12. The first-order valence-electron chi connectivity index (χ1n) is 8.98. The molecule has 0 saturated heterocycles. The van der Waals surface area contributed by atoms with E-state index in [2.05, 4.69) is 40.7 Å². The van der Waals surface area contributed by atoms with Crippen LogP contribution < -0.4 is 20.4 Å². The molecule has 6 nitrogen and oxygen atoms in total. The fourth-order valence-electron chi connectivity index (χ4n) is 3.09. The lowest BCUT2D eigenvalue weighted by molar-refractivity contribution is -0.112. The summed E-state index contributed by atoms with van der Waals surface area (Å²) in [5, 5.41) is 5.73. The first kappa shape index (κ1) is 19.8. The van der Waals surface area contributed by atoms with Crippen LogP contribution >= 0.6 is 12.2 Å². The van der Waals surface area contributed by atoms with Crippen LogP contribution in [0.4, 0.5) is 22.7 Å². The zero-order valence-corrected chi connectivity index (χ0v) is 17.5. The summed E-state index contributed by atoms with van der Waals surface area (Å²) in [4.78, 5) is 27.3. The standard InChI is InChI=1S/C11H14N2S.C10H10N2O2/c1-7-9-6-8(13(2)3)4-5-10(9)12-11(7)14;1-12(2)6-3-4-8-7(5-6)9(13)10(14)11-8/h4-7H,1-3H3,(H,12,14);3-5H,1-2H3,(H,11,13,14). The highest BCUT2D eigenvalue weighted by molar-refractivity contribution is 7.80. The molecule has 7 heteroatoms. The van der Waals surface area contributed by atoms with Gasteiger partial charge in [0, 0.05) is 51.2 Å². The molecule has 1 atom stereocenters. The number of hydrogen-bond donors (Lipinski definition) is 2. The van der Waals surface area contributed by atoms with E-state index in [9.17, 15) is 9.59 Å². The molecule has 0 spiro atoms. The Hall–Kier alpha value is -2.93. The highest BCUT2D eigenvalue weighted by atomic mass is 32.1. The molecule has 0 fully saturated rings. The van der Waals surface area contributed by atoms with Crippen LogP contribution in [0.3, 0.4) is 0 Å². The molecule has 2 aliphatic rings. The van der Waals surface area contributed by atoms with E-state index >= 15 is 0 Å². The molecule has 0 aliphatic carbocycles. The lowest BCUT2D eigenvalue weighted by atomic mass is 10.0. The summed E-state index contributed by atoms with van der Waals surface area (Å²) >= 11 is 5.23. The number of carbonyl (C=O) groups is 2. The van der Waals surface area contributed by atoms with Crippen molar-refractivity contribution in [2.45, 2.75) is 12.8 Å². The van der Waals surface area contributed by atoms with E-state index in [4.69, 9.17) is 12.2 Å². The Kier molecular flexibility index (Phi) is 5.38. The SMILES string of the molecule is CC1C(=S)Nc2ccc(N(C)C)cc21.CN(C)c1ccc2c(c1)C(=O)C(=O)N2. The van der Waals surface area contributed by atoms with Crippen LogP contribution in [-0.2, 0) is 4.79 Å². The quantitative estimate of drug-likeness (QED) is 0.598. The van der Waals surface area contributed by atoms with Gasteiger partial charge in [-0.25, -0.2) is 0 Å². The number of rotatable bonds is 2. The predicted molar refractivity (Wildman–Crippen MR) is 119 cm³/mol. The van der Waals surface area contributed by atoms with E-state index in [1.165, 1.54) is 11.3 Å². The zero-order valence-electron chi connectivity index (χ0n) is 16.7. The number of Topliss-reactive ketones (excluding diaryl/α,β-unsaturated/α-hetero) is 1. The number of carbonyl (C=O) groups excluding carboxylic acids is 2. The predicted octanol–water partition coefficient (Wildman–Crippen LogP) is 3.50. The fourth-order valence-corrected chi connectivity index (χ4v) is 3.33. The van der Waals surface area contributed by atoms with Gasteiger partial charge in [-0.2, -0.15) is 0 Å². The molecule has 0 saturated carbocycles. The Morgan fingerprint density at radius 1 is 0.857 bits per heavy atom. The largest absolute Gasteiger partial charge is 0.378 e. The zero-order chi connectivity index (χ0) is 20.6. The van der Waals surface area contributed by atoms with Gasteiger partial charge in [0.15, 0.2) is 0 Å². The molecule has 146 valence electrons. The number of benzene rings is 2. The van der Waals surface area contributed by atoms with Gasteiger partial charge in [0.25, 0.3) is 11.7 Å². The summed E-state index contributed by atoms with van der Waals surface area (Å²) in [6.07, 6.45) is 0. The molecule has 0 radical (unpaired) electrons. The van der Waals surface area contributed by atoms with Gasteiger partial charge in [0.05, 0.1) is 16.2 Å². The second-order valence-electron chi connectivity index (χ2n) is 7.28. The Labute approximate surface area is 170 Å². The second-order valence-corrected chi connectivity index (χ2v) is 7.72. The molecule has 2 aromatic carbocycles. The van der Waals surface area contributed by atoms with Gasteiger partial charge >= 0.3 is 0 Å². The van der Waals surface area contributed by atoms with Crippen LogP contribution in [0.2, 0.25) is 0 Å². The maximum Gasteiger partial charge on any atom is 0.296 e. The van der Waals surface area contributed by atoms with Crippen LogP contribution in [0.5, 0.6) is 0 Å². The minimum absolute atomic E-state index is 0.347. The average molecular weight is 397 g/mol. The van der Waals surface area contributed by atoms with Crippen molar-refractivity contribution >= 4 is 51.6 Å². The Balaban J connectivity index is 0.000000161. The molecule has 2 aliphatic heterocycles. The van der Waals surface area contributed by atoms with Crippen molar-refractivity contribution in [2.24, 2.45) is 0 Å². The van der Waals surface area contributed by atoms with Crippen molar-refractivity contribution in [1.29, 1.82) is 0 Å². The van der Waals surface area contributed by atoms with E-state index in [0.29, 0.717) is 17.2 Å². The third-order valence-electron chi connectivity index (χ3n) is 4.89. The van der Waals surface area contributed by atoms with Crippen molar-refractivity contribution in [3.63, 3.8) is 0 Å². The van der Waals surface area contributed by atoms with Crippen LogP contribution in [0.15, 0.2) is 36.4 Å². The van der Waals surface area contributed by atoms with Gasteiger partial charge in [-0.15, -0.1) is 0 Å².